The molecule has 2 aliphatic rings. The van der Waals surface area contributed by atoms with Gasteiger partial charge >= 0.3 is 0 Å². The molecule has 4 nitrogen and oxygen atoms in total. The number of hydrogen-bond acceptors (Lipinski definition) is 3. The molecule has 0 radical (unpaired) electrons. The van der Waals surface area contributed by atoms with Crippen molar-refractivity contribution in [1.82, 2.24) is 4.90 Å². The molecule has 1 saturated carbocycles. The number of rotatable bonds is 2. The summed E-state index contributed by atoms with van der Waals surface area (Å²) in [5, 5.41) is 9.87. The summed E-state index contributed by atoms with van der Waals surface area (Å²) in [5.41, 5.74) is -1.29. The molecule has 1 aliphatic carbocycles. The SMILES string of the molecule is CC(O)C(C)(C)N1C(=O)CC2(CCCCCC2)C1=O. The fraction of sp³-hybridized carbons (Fsp3) is 0.867. The second-order valence-electron chi connectivity index (χ2n) is 6.74. The van der Waals surface area contributed by atoms with E-state index in [1.54, 1.807) is 20.8 Å². The summed E-state index contributed by atoms with van der Waals surface area (Å²) in [7, 11) is 0. The summed E-state index contributed by atoms with van der Waals surface area (Å²) < 4.78 is 0. The van der Waals surface area contributed by atoms with Gasteiger partial charge in [-0.05, 0) is 33.6 Å². The third-order valence-electron chi connectivity index (χ3n) is 5.06. The lowest BCUT2D eigenvalue weighted by molar-refractivity contribution is -0.152. The van der Waals surface area contributed by atoms with Crippen LogP contribution in [0.4, 0.5) is 0 Å². The first-order valence-corrected chi connectivity index (χ1v) is 7.37. The van der Waals surface area contributed by atoms with Gasteiger partial charge in [-0.3, -0.25) is 14.5 Å². The van der Waals surface area contributed by atoms with Gasteiger partial charge in [-0.25, -0.2) is 0 Å². The second-order valence-corrected chi connectivity index (χ2v) is 6.74. The molecular weight excluding hydrogens is 242 g/mol. The summed E-state index contributed by atoms with van der Waals surface area (Å²) in [4.78, 5) is 26.4. The van der Waals surface area contributed by atoms with Crippen molar-refractivity contribution >= 4 is 11.8 Å². The summed E-state index contributed by atoms with van der Waals surface area (Å²) in [5.74, 6) is -0.164. The van der Waals surface area contributed by atoms with Crippen LogP contribution in [-0.2, 0) is 9.59 Å². The summed E-state index contributed by atoms with van der Waals surface area (Å²) in [6.45, 7) is 5.17. The molecule has 1 atom stereocenters. The first kappa shape index (κ1) is 14.5. The predicted molar refractivity (Wildman–Crippen MR) is 72.4 cm³/mol. The highest BCUT2D eigenvalue weighted by molar-refractivity contribution is 6.06. The topological polar surface area (TPSA) is 57.6 Å². The molecule has 0 bridgehead atoms. The highest BCUT2D eigenvalue weighted by Gasteiger charge is 2.55. The van der Waals surface area contributed by atoms with Crippen molar-refractivity contribution in [3.63, 3.8) is 0 Å². The molecule has 0 aromatic heterocycles. The molecule has 1 unspecified atom stereocenters. The van der Waals surface area contributed by atoms with Crippen molar-refractivity contribution in [3.8, 4) is 0 Å². The van der Waals surface area contributed by atoms with Gasteiger partial charge in [0.15, 0.2) is 0 Å². The Balaban J connectivity index is 2.30. The van der Waals surface area contributed by atoms with Gasteiger partial charge in [0.05, 0.1) is 17.1 Å². The highest BCUT2D eigenvalue weighted by Crippen LogP contribution is 2.46. The van der Waals surface area contributed by atoms with E-state index < -0.39 is 17.1 Å². The van der Waals surface area contributed by atoms with Crippen LogP contribution in [-0.4, -0.2) is 33.5 Å². The lowest BCUT2D eigenvalue weighted by atomic mass is 9.78. The van der Waals surface area contributed by atoms with Crippen molar-refractivity contribution in [2.45, 2.75) is 77.4 Å². The smallest absolute Gasteiger partial charge is 0.236 e. The van der Waals surface area contributed by atoms with Gasteiger partial charge in [0.25, 0.3) is 0 Å². The maximum atomic E-state index is 12.8. The van der Waals surface area contributed by atoms with E-state index in [4.69, 9.17) is 0 Å². The minimum Gasteiger partial charge on any atom is -0.391 e. The van der Waals surface area contributed by atoms with Crippen LogP contribution in [0, 0.1) is 5.41 Å². The molecule has 2 amide bonds. The summed E-state index contributed by atoms with van der Waals surface area (Å²) in [6, 6.07) is 0. The van der Waals surface area contributed by atoms with Gasteiger partial charge in [0.1, 0.15) is 0 Å². The molecule has 1 aliphatic heterocycles. The molecule has 108 valence electrons. The van der Waals surface area contributed by atoms with Gasteiger partial charge in [-0.2, -0.15) is 0 Å². The Morgan fingerprint density at radius 2 is 1.68 bits per heavy atom. The molecule has 1 saturated heterocycles. The van der Waals surface area contributed by atoms with Crippen LogP contribution in [0.3, 0.4) is 0 Å². The first-order chi connectivity index (χ1) is 8.81. The largest absolute Gasteiger partial charge is 0.391 e. The monoisotopic (exact) mass is 267 g/mol. The third-order valence-corrected chi connectivity index (χ3v) is 5.06. The van der Waals surface area contributed by atoms with E-state index in [-0.39, 0.29) is 11.8 Å². The number of aliphatic hydroxyl groups excluding tert-OH is 1. The first-order valence-electron chi connectivity index (χ1n) is 7.37. The highest BCUT2D eigenvalue weighted by atomic mass is 16.3. The zero-order valence-corrected chi connectivity index (χ0v) is 12.2. The molecule has 2 rings (SSSR count). The minimum atomic E-state index is -0.816. The number of carbonyl (C=O) groups excluding carboxylic acids is 2. The number of aliphatic hydroxyl groups is 1. The molecular formula is C15H25NO3. The molecule has 4 heteroatoms. The van der Waals surface area contributed by atoms with Crippen LogP contribution in [0.5, 0.6) is 0 Å². The Hall–Kier alpha value is -0.900. The maximum absolute atomic E-state index is 12.8. The average Bonchev–Trinajstić information content (AvgIpc) is 2.50. The minimum absolute atomic E-state index is 0.0506. The molecule has 2 fully saturated rings. The number of hydrogen-bond donors (Lipinski definition) is 1. The zero-order valence-electron chi connectivity index (χ0n) is 12.2. The third kappa shape index (κ3) is 2.31. The number of imide groups is 1. The lowest BCUT2D eigenvalue weighted by Crippen LogP contribution is -2.55. The van der Waals surface area contributed by atoms with E-state index in [1.165, 1.54) is 4.90 Å². The second kappa shape index (κ2) is 4.89. The van der Waals surface area contributed by atoms with Gasteiger partial charge in [0, 0.05) is 6.42 Å². The molecule has 1 heterocycles. The Labute approximate surface area is 115 Å². The van der Waals surface area contributed by atoms with Crippen LogP contribution < -0.4 is 0 Å². The Kier molecular flexibility index (Phi) is 3.74. The lowest BCUT2D eigenvalue weighted by Gasteiger charge is -2.38. The Bertz CT molecular complexity index is 379. The standard InChI is InChI=1S/C15H25NO3/c1-11(17)14(2,3)16-12(18)10-15(13(16)19)8-6-4-5-7-9-15/h11,17H,4-10H2,1-3H3. The van der Waals surface area contributed by atoms with Gasteiger partial charge in [-0.15, -0.1) is 0 Å². The van der Waals surface area contributed by atoms with Crippen LogP contribution in [0.15, 0.2) is 0 Å². The van der Waals surface area contributed by atoms with Gasteiger partial charge < -0.3 is 5.11 Å². The quantitative estimate of drug-likeness (QED) is 0.781. The molecule has 0 aromatic carbocycles. The number of carbonyl (C=O) groups is 2. The van der Waals surface area contributed by atoms with Crippen LogP contribution in [0.2, 0.25) is 0 Å². The van der Waals surface area contributed by atoms with Crippen molar-refractivity contribution in [2.75, 3.05) is 0 Å². The maximum Gasteiger partial charge on any atom is 0.236 e. The van der Waals surface area contributed by atoms with E-state index in [1.807, 2.05) is 0 Å². The zero-order chi connectivity index (χ0) is 14.3. The van der Waals surface area contributed by atoms with E-state index >= 15 is 0 Å². The number of nitrogens with zero attached hydrogens (tertiary/aromatic N) is 1. The molecule has 1 N–H and O–H groups in total. The predicted octanol–water partition coefficient (Wildman–Crippen LogP) is 2.25. The Morgan fingerprint density at radius 3 is 2.16 bits per heavy atom. The van der Waals surface area contributed by atoms with Crippen LogP contribution in [0.1, 0.15) is 65.7 Å². The van der Waals surface area contributed by atoms with Gasteiger partial charge in [-0.1, -0.05) is 25.7 Å². The Morgan fingerprint density at radius 1 is 1.16 bits per heavy atom. The fourth-order valence-corrected chi connectivity index (χ4v) is 3.36. The number of amides is 2. The van der Waals surface area contributed by atoms with E-state index in [0.717, 1.165) is 38.5 Å². The number of likely N-dealkylation sites (tertiary alicyclic amines) is 1. The van der Waals surface area contributed by atoms with Crippen LogP contribution in [0.25, 0.3) is 0 Å². The molecule has 1 spiro atoms. The average molecular weight is 267 g/mol. The molecule has 19 heavy (non-hydrogen) atoms. The summed E-state index contributed by atoms with van der Waals surface area (Å²) in [6.07, 6.45) is 5.63. The van der Waals surface area contributed by atoms with Gasteiger partial charge in [0.2, 0.25) is 11.8 Å². The van der Waals surface area contributed by atoms with E-state index in [0.29, 0.717) is 6.42 Å². The van der Waals surface area contributed by atoms with Crippen LogP contribution >= 0.6 is 0 Å². The normalized spacial score (nSPS) is 25.8. The van der Waals surface area contributed by atoms with E-state index in [2.05, 4.69) is 0 Å². The molecule has 0 aromatic rings. The van der Waals surface area contributed by atoms with Crippen molar-refractivity contribution in [2.24, 2.45) is 5.41 Å². The van der Waals surface area contributed by atoms with E-state index in [9.17, 15) is 14.7 Å². The summed E-state index contributed by atoms with van der Waals surface area (Å²) >= 11 is 0. The van der Waals surface area contributed by atoms with Crippen molar-refractivity contribution in [3.05, 3.63) is 0 Å². The van der Waals surface area contributed by atoms with Crippen molar-refractivity contribution in [1.29, 1.82) is 0 Å². The fourth-order valence-electron chi connectivity index (χ4n) is 3.36. The van der Waals surface area contributed by atoms with Crippen molar-refractivity contribution < 1.29 is 14.7 Å².